The quantitative estimate of drug-likeness (QED) is 0.633. The fourth-order valence-corrected chi connectivity index (χ4v) is 2.15. The monoisotopic (exact) mass is 251 g/mol. The Morgan fingerprint density at radius 2 is 2.11 bits per heavy atom. The SMILES string of the molecule is CN1CCC(Oc2cccc(F)c2C(=N)N)CC1. The van der Waals surface area contributed by atoms with Crippen molar-refractivity contribution in [3.63, 3.8) is 0 Å². The summed E-state index contributed by atoms with van der Waals surface area (Å²) in [6.45, 7) is 1.94. The van der Waals surface area contributed by atoms with Gasteiger partial charge in [0.1, 0.15) is 23.5 Å². The molecule has 1 saturated heterocycles. The van der Waals surface area contributed by atoms with E-state index in [9.17, 15) is 4.39 Å². The number of piperidine rings is 1. The van der Waals surface area contributed by atoms with E-state index >= 15 is 0 Å². The van der Waals surface area contributed by atoms with Crippen LogP contribution in [0.4, 0.5) is 4.39 Å². The molecule has 0 aromatic heterocycles. The zero-order valence-corrected chi connectivity index (χ0v) is 10.4. The van der Waals surface area contributed by atoms with Crippen molar-refractivity contribution in [2.24, 2.45) is 5.73 Å². The normalized spacial score (nSPS) is 17.7. The number of nitrogens with one attached hydrogen (secondary N) is 1. The van der Waals surface area contributed by atoms with E-state index < -0.39 is 5.82 Å². The second-order valence-electron chi connectivity index (χ2n) is 4.65. The van der Waals surface area contributed by atoms with E-state index in [-0.39, 0.29) is 17.5 Å². The largest absolute Gasteiger partial charge is 0.489 e. The molecule has 0 spiro atoms. The summed E-state index contributed by atoms with van der Waals surface area (Å²) >= 11 is 0. The van der Waals surface area contributed by atoms with Crippen LogP contribution in [0.1, 0.15) is 18.4 Å². The second-order valence-corrected chi connectivity index (χ2v) is 4.65. The van der Waals surface area contributed by atoms with Crippen LogP contribution in [0.25, 0.3) is 0 Å². The number of hydrogen-bond acceptors (Lipinski definition) is 3. The minimum atomic E-state index is -0.507. The van der Waals surface area contributed by atoms with Gasteiger partial charge >= 0.3 is 0 Å². The summed E-state index contributed by atoms with van der Waals surface area (Å²) in [4.78, 5) is 2.23. The molecule has 5 heteroatoms. The molecule has 0 unspecified atom stereocenters. The Labute approximate surface area is 106 Å². The number of halogens is 1. The Hall–Kier alpha value is -1.62. The molecule has 1 heterocycles. The van der Waals surface area contributed by atoms with Crippen molar-refractivity contribution >= 4 is 5.84 Å². The first-order chi connectivity index (χ1) is 8.58. The van der Waals surface area contributed by atoms with Gasteiger partial charge in [-0.2, -0.15) is 0 Å². The maximum atomic E-state index is 13.6. The molecule has 2 rings (SSSR count). The van der Waals surface area contributed by atoms with Gasteiger partial charge in [-0.3, -0.25) is 5.41 Å². The summed E-state index contributed by atoms with van der Waals surface area (Å²) in [5, 5.41) is 7.42. The van der Waals surface area contributed by atoms with Crippen molar-refractivity contribution in [3.8, 4) is 5.75 Å². The molecular weight excluding hydrogens is 233 g/mol. The van der Waals surface area contributed by atoms with Gasteiger partial charge in [-0.15, -0.1) is 0 Å². The van der Waals surface area contributed by atoms with E-state index in [0.717, 1.165) is 25.9 Å². The van der Waals surface area contributed by atoms with Crippen LogP contribution >= 0.6 is 0 Å². The molecule has 1 aromatic carbocycles. The highest BCUT2D eigenvalue weighted by Crippen LogP contribution is 2.24. The predicted molar refractivity (Wildman–Crippen MR) is 68.6 cm³/mol. The van der Waals surface area contributed by atoms with Crippen LogP contribution in [0.2, 0.25) is 0 Å². The first-order valence-electron chi connectivity index (χ1n) is 6.06. The summed E-state index contributed by atoms with van der Waals surface area (Å²) in [6.07, 6.45) is 1.88. The van der Waals surface area contributed by atoms with E-state index in [4.69, 9.17) is 15.9 Å². The van der Waals surface area contributed by atoms with Crippen molar-refractivity contribution in [2.45, 2.75) is 18.9 Å². The molecule has 1 aromatic rings. The zero-order chi connectivity index (χ0) is 13.1. The number of amidine groups is 1. The number of nitrogens with zero attached hydrogens (tertiary/aromatic N) is 1. The maximum Gasteiger partial charge on any atom is 0.137 e. The van der Waals surface area contributed by atoms with Gasteiger partial charge in [0.25, 0.3) is 0 Å². The fourth-order valence-electron chi connectivity index (χ4n) is 2.15. The van der Waals surface area contributed by atoms with Crippen molar-refractivity contribution < 1.29 is 9.13 Å². The first kappa shape index (κ1) is 12.8. The third kappa shape index (κ3) is 2.79. The standard InChI is InChI=1S/C13H18FN3O/c1-17-7-5-9(6-8-17)18-11-4-2-3-10(14)12(11)13(15)16/h2-4,9H,5-8H2,1H3,(H3,15,16). The maximum absolute atomic E-state index is 13.6. The van der Waals surface area contributed by atoms with E-state index in [1.54, 1.807) is 12.1 Å². The highest BCUT2D eigenvalue weighted by molar-refractivity contribution is 5.97. The number of nitrogen functional groups attached to an aromatic ring is 1. The topological polar surface area (TPSA) is 62.3 Å². The zero-order valence-electron chi connectivity index (χ0n) is 10.4. The molecule has 18 heavy (non-hydrogen) atoms. The molecule has 1 fully saturated rings. The number of ether oxygens (including phenoxy) is 1. The Morgan fingerprint density at radius 3 is 2.72 bits per heavy atom. The van der Waals surface area contributed by atoms with Crippen LogP contribution < -0.4 is 10.5 Å². The van der Waals surface area contributed by atoms with Crippen LogP contribution in [0, 0.1) is 11.2 Å². The number of rotatable bonds is 3. The predicted octanol–water partition coefficient (Wildman–Crippen LogP) is 1.58. The molecular formula is C13H18FN3O. The Kier molecular flexibility index (Phi) is 3.81. The summed E-state index contributed by atoms with van der Waals surface area (Å²) in [6, 6.07) is 4.53. The summed E-state index contributed by atoms with van der Waals surface area (Å²) in [5.74, 6) is -0.430. The molecule has 0 amide bonds. The van der Waals surface area contributed by atoms with Gasteiger partial charge < -0.3 is 15.4 Å². The van der Waals surface area contributed by atoms with Gasteiger partial charge in [-0.1, -0.05) is 6.07 Å². The number of hydrogen-bond donors (Lipinski definition) is 2. The molecule has 0 aliphatic carbocycles. The van der Waals surface area contributed by atoms with Gasteiger partial charge in [0.15, 0.2) is 0 Å². The van der Waals surface area contributed by atoms with E-state index in [1.807, 2.05) is 0 Å². The molecule has 3 N–H and O–H groups in total. The first-order valence-corrected chi connectivity index (χ1v) is 6.06. The molecule has 4 nitrogen and oxygen atoms in total. The van der Waals surface area contributed by atoms with Crippen LogP contribution in [-0.2, 0) is 0 Å². The minimum absolute atomic E-state index is 0.0661. The average molecular weight is 251 g/mol. The summed E-state index contributed by atoms with van der Waals surface area (Å²) < 4.78 is 19.4. The highest BCUT2D eigenvalue weighted by Gasteiger charge is 2.20. The minimum Gasteiger partial charge on any atom is -0.489 e. The lowest BCUT2D eigenvalue weighted by atomic mass is 10.1. The lowest BCUT2D eigenvalue weighted by molar-refractivity contribution is 0.114. The fraction of sp³-hybridized carbons (Fsp3) is 0.462. The van der Waals surface area contributed by atoms with Gasteiger partial charge in [-0.25, -0.2) is 4.39 Å². The average Bonchev–Trinajstić information content (AvgIpc) is 2.32. The Morgan fingerprint density at radius 1 is 1.44 bits per heavy atom. The number of nitrogens with two attached hydrogens (primary N) is 1. The van der Waals surface area contributed by atoms with Gasteiger partial charge in [0.2, 0.25) is 0 Å². The highest BCUT2D eigenvalue weighted by atomic mass is 19.1. The lowest BCUT2D eigenvalue weighted by Crippen LogP contribution is -2.36. The van der Waals surface area contributed by atoms with Crippen molar-refractivity contribution in [1.29, 1.82) is 5.41 Å². The lowest BCUT2D eigenvalue weighted by Gasteiger charge is -2.29. The number of benzene rings is 1. The summed E-state index contributed by atoms with van der Waals surface area (Å²) in [5.41, 5.74) is 5.46. The number of likely N-dealkylation sites (tertiary alicyclic amines) is 1. The van der Waals surface area contributed by atoms with E-state index in [1.165, 1.54) is 6.07 Å². The van der Waals surface area contributed by atoms with Gasteiger partial charge in [0.05, 0.1) is 5.56 Å². The van der Waals surface area contributed by atoms with Crippen molar-refractivity contribution in [1.82, 2.24) is 4.90 Å². The molecule has 1 aliphatic rings. The molecule has 0 radical (unpaired) electrons. The van der Waals surface area contributed by atoms with Gasteiger partial charge in [0, 0.05) is 13.1 Å². The molecule has 98 valence electrons. The second kappa shape index (κ2) is 5.35. The molecule has 0 bridgehead atoms. The van der Waals surface area contributed by atoms with Crippen LogP contribution in [0.5, 0.6) is 5.75 Å². The molecule has 0 saturated carbocycles. The van der Waals surface area contributed by atoms with Crippen LogP contribution in [-0.4, -0.2) is 37.0 Å². The molecule has 0 atom stereocenters. The third-order valence-corrected chi connectivity index (χ3v) is 3.20. The Balaban J connectivity index is 2.14. The molecule has 1 aliphatic heterocycles. The van der Waals surface area contributed by atoms with E-state index in [0.29, 0.717) is 5.75 Å². The van der Waals surface area contributed by atoms with Crippen molar-refractivity contribution in [3.05, 3.63) is 29.6 Å². The smallest absolute Gasteiger partial charge is 0.137 e. The van der Waals surface area contributed by atoms with Crippen LogP contribution in [0.15, 0.2) is 18.2 Å². The van der Waals surface area contributed by atoms with E-state index in [2.05, 4.69) is 11.9 Å². The van der Waals surface area contributed by atoms with Gasteiger partial charge in [-0.05, 0) is 32.0 Å². The van der Waals surface area contributed by atoms with Crippen LogP contribution in [0.3, 0.4) is 0 Å². The van der Waals surface area contributed by atoms with Crippen molar-refractivity contribution in [2.75, 3.05) is 20.1 Å². The Bertz CT molecular complexity index is 442. The third-order valence-electron chi connectivity index (χ3n) is 3.20. The summed E-state index contributed by atoms with van der Waals surface area (Å²) in [7, 11) is 2.07.